The predicted octanol–water partition coefficient (Wildman–Crippen LogP) is 3.95. The van der Waals surface area contributed by atoms with E-state index in [4.69, 9.17) is 4.74 Å². The highest BCUT2D eigenvalue weighted by atomic mass is 32.2. The van der Waals surface area contributed by atoms with Gasteiger partial charge in [-0.15, -0.1) is 11.8 Å². The summed E-state index contributed by atoms with van der Waals surface area (Å²) in [6.07, 6.45) is 0.175. The Morgan fingerprint density at radius 1 is 1.30 bits per heavy atom. The van der Waals surface area contributed by atoms with Crippen LogP contribution in [0, 0.1) is 5.82 Å². The molecule has 1 amide bonds. The van der Waals surface area contributed by atoms with Crippen molar-refractivity contribution in [1.29, 1.82) is 0 Å². The number of benzene rings is 2. The summed E-state index contributed by atoms with van der Waals surface area (Å²) in [7, 11) is 0. The number of hydrogen-bond donors (Lipinski definition) is 1. The summed E-state index contributed by atoms with van der Waals surface area (Å²) < 4.78 is 19.1. The fourth-order valence-corrected chi connectivity index (χ4v) is 3.67. The molecule has 1 N–H and O–H groups in total. The van der Waals surface area contributed by atoms with E-state index >= 15 is 0 Å². The highest BCUT2D eigenvalue weighted by molar-refractivity contribution is 7.99. The van der Waals surface area contributed by atoms with Crippen LogP contribution in [0.3, 0.4) is 0 Å². The van der Waals surface area contributed by atoms with Crippen LogP contribution in [-0.2, 0) is 4.79 Å². The molecule has 0 radical (unpaired) electrons. The first kappa shape index (κ1) is 15.9. The highest BCUT2D eigenvalue weighted by Crippen LogP contribution is 2.36. The summed E-state index contributed by atoms with van der Waals surface area (Å²) in [5, 5.41) is 2.98. The molecule has 2 aromatic rings. The van der Waals surface area contributed by atoms with Gasteiger partial charge in [-0.3, -0.25) is 4.79 Å². The van der Waals surface area contributed by atoms with Gasteiger partial charge < -0.3 is 10.1 Å². The lowest BCUT2D eigenvalue weighted by Gasteiger charge is -2.27. The number of carbonyl (C=O) groups excluding carboxylic acids is 1. The molecule has 0 fully saturated rings. The number of ether oxygens (including phenoxy) is 1. The molecule has 3 nitrogen and oxygen atoms in total. The van der Waals surface area contributed by atoms with E-state index in [9.17, 15) is 9.18 Å². The molecule has 2 aromatic carbocycles. The minimum atomic E-state index is -0.607. The van der Waals surface area contributed by atoms with Gasteiger partial charge in [0.25, 0.3) is 5.91 Å². The molecule has 2 unspecified atom stereocenters. The van der Waals surface area contributed by atoms with Crippen LogP contribution in [0.1, 0.15) is 24.9 Å². The van der Waals surface area contributed by atoms with E-state index in [-0.39, 0.29) is 17.8 Å². The Morgan fingerprint density at radius 3 is 2.87 bits per heavy atom. The summed E-state index contributed by atoms with van der Waals surface area (Å²) in [6.45, 7) is 1.71. The molecule has 0 saturated carbocycles. The molecule has 3 rings (SSSR count). The van der Waals surface area contributed by atoms with Crippen molar-refractivity contribution in [3.63, 3.8) is 0 Å². The first-order valence-electron chi connectivity index (χ1n) is 7.58. The maximum Gasteiger partial charge on any atom is 0.261 e. The lowest BCUT2D eigenvalue weighted by atomic mass is 10.0. The quantitative estimate of drug-likeness (QED) is 0.922. The van der Waals surface area contributed by atoms with Crippen molar-refractivity contribution in [1.82, 2.24) is 5.32 Å². The number of amides is 1. The molecule has 1 heterocycles. The summed E-state index contributed by atoms with van der Waals surface area (Å²) in [4.78, 5) is 13.4. The fraction of sp³-hybridized carbons (Fsp3) is 0.278. The zero-order valence-electron chi connectivity index (χ0n) is 12.8. The smallest absolute Gasteiger partial charge is 0.261 e. The van der Waals surface area contributed by atoms with E-state index in [0.717, 1.165) is 22.6 Å². The molecule has 2 atom stereocenters. The van der Waals surface area contributed by atoms with E-state index in [1.54, 1.807) is 24.8 Å². The predicted molar refractivity (Wildman–Crippen MR) is 89.2 cm³/mol. The van der Waals surface area contributed by atoms with E-state index in [1.807, 2.05) is 30.3 Å². The maximum atomic E-state index is 13.5. The monoisotopic (exact) mass is 331 g/mol. The summed E-state index contributed by atoms with van der Waals surface area (Å²) >= 11 is 1.69. The van der Waals surface area contributed by atoms with Crippen molar-refractivity contribution < 1.29 is 13.9 Å². The number of rotatable bonds is 4. The fourth-order valence-electron chi connectivity index (χ4n) is 2.56. The Morgan fingerprint density at radius 2 is 2.09 bits per heavy atom. The van der Waals surface area contributed by atoms with Crippen LogP contribution in [0.2, 0.25) is 0 Å². The Labute approximate surface area is 139 Å². The third kappa shape index (κ3) is 3.85. The van der Waals surface area contributed by atoms with Gasteiger partial charge in [0.05, 0.1) is 6.04 Å². The second-order valence-electron chi connectivity index (χ2n) is 5.45. The topological polar surface area (TPSA) is 38.3 Å². The minimum absolute atomic E-state index is 0.170. The summed E-state index contributed by atoms with van der Waals surface area (Å²) in [6, 6.07) is 13.8. The van der Waals surface area contributed by atoms with Crippen LogP contribution in [0.25, 0.3) is 0 Å². The molecule has 1 aliphatic rings. The molecule has 120 valence electrons. The zero-order valence-corrected chi connectivity index (χ0v) is 13.6. The van der Waals surface area contributed by atoms with Crippen molar-refractivity contribution >= 4 is 17.7 Å². The Bertz CT molecular complexity index is 693. The summed E-state index contributed by atoms with van der Waals surface area (Å²) in [5.41, 5.74) is 0.849. The third-order valence-electron chi connectivity index (χ3n) is 3.75. The first-order chi connectivity index (χ1) is 11.1. The van der Waals surface area contributed by atoms with Crippen LogP contribution in [0.15, 0.2) is 53.4 Å². The number of nitrogens with one attached hydrogen (secondary N) is 1. The van der Waals surface area contributed by atoms with Crippen molar-refractivity contribution in [3.8, 4) is 5.75 Å². The summed E-state index contributed by atoms with van der Waals surface area (Å²) in [5.74, 6) is 1.08. The van der Waals surface area contributed by atoms with Gasteiger partial charge in [-0.1, -0.05) is 18.2 Å². The van der Waals surface area contributed by atoms with Gasteiger partial charge >= 0.3 is 0 Å². The van der Waals surface area contributed by atoms with Crippen molar-refractivity contribution in [2.24, 2.45) is 0 Å². The molecular formula is C18H18FNO2S. The number of fused-ring (bicyclic) bond motifs is 1. The average molecular weight is 331 g/mol. The van der Waals surface area contributed by atoms with E-state index in [1.165, 1.54) is 12.1 Å². The number of hydrogen-bond acceptors (Lipinski definition) is 3. The first-order valence-corrected chi connectivity index (χ1v) is 8.56. The number of carbonyl (C=O) groups is 1. The zero-order chi connectivity index (χ0) is 16.2. The second kappa shape index (κ2) is 7.04. The van der Waals surface area contributed by atoms with E-state index in [2.05, 4.69) is 5.32 Å². The van der Waals surface area contributed by atoms with E-state index < -0.39 is 6.10 Å². The molecule has 0 saturated heterocycles. The molecular weight excluding hydrogens is 313 g/mol. The number of halogens is 1. The lowest BCUT2D eigenvalue weighted by Crippen LogP contribution is -2.39. The van der Waals surface area contributed by atoms with E-state index in [0.29, 0.717) is 5.75 Å². The highest BCUT2D eigenvalue weighted by Gasteiger charge is 2.25. The van der Waals surface area contributed by atoms with Crippen LogP contribution in [0.5, 0.6) is 5.75 Å². The molecule has 0 aliphatic carbocycles. The van der Waals surface area contributed by atoms with Crippen molar-refractivity contribution in [2.45, 2.75) is 30.4 Å². The van der Waals surface area contributed by atoms with Crippen LogP contribution < -0.4 is 10.1 Å². The third-order valence-corrected chi connectivity index (χ3v) is 4.88. The lowest BCUT2D eigenvalue weighted by molar-refractivity contribution is -0.128. The van der Waals surface area contributed by atoms with Gasteiger partial charge in [-0.05, 0) is 49.2 Å². The molecule has 23 heavy (non-hydrogen) atoms. The minimum Gasteiger partial charge on any atom is -0.481 e. The van der Waals surface area contributed by atoms with Crippen LogP contribution in [0.4, 0.5) is 4.39 Å². The number of thioether (sulfide) groups is 1. The number of para-hydroxylation sites is 1. The Kier molecular flexibility index (Phi) is 4.86. The maximum absolute atomic E-state index is 13.5. The van der Waals surface area contributed by atoms with Crippen LogP contribution >= 0.6 is 11.8 Å². The molecule has 0 aromatic heterocycles. The SMILES string of the molecule is CC(Oc1ccccc1)C(=O)NC1CCSc2ccc(F)cc21. The van der Waals surface area contributed by atoms with Crippen molar-refractivity contribution in [2.75, 3.05) is 5.75 Å². The Balaban J connectivity index is 1.68. The van der Waals surface area contributed by atoms with Gasteiger partial charge in [0.1, 0.15) is 11.6 Å². The van der Waals surface area contributed by atoms with Crippen molar-refractivity contribution in [3.05, 3.63) is 59.9 Å². The molecule has 5 heteroatoms. The Hall–Kier alpha value is -2.01. The second-order valence-corrected chi connectivity index (χ2v) is 6.59. The van der Waals surface area contributed by atoms with Gasteiger partial charge in [0.15, 0.2) is 6.10 Å². The molecule has 0 bridgehead atoms. The average Bonchev–Trinajstić information content (AvgIpc) is 2.56. The van der Waals surface area contributed by atoms with Gasteiger partial charge in [0, 0.05) is 10.6 Å². The van der Waals surface area contributed by atoms with Crippen LogP contribution in [-0.4, -0.2) is 17.8 Å². The van der Waals surface area contributed by atoms with Gasteiger partial charge in [-0.25, -0.2) is 4.39 Å². The molecule has 0 spiro atoms. The van der Waals surface area contributed by atoms with Gasteiger partial charge in [-0.2, -0.15) is 0 Å². The molecule has 1 aliphatic heterocycles. The standard InChI is InChI=1S/C18H18FNO2S/c1-12(22-14-5-3-2-4-6-14)18(21)20-16-9-10-23-17-8-7-13(19)11-15(16)17/h2-8,11-12,16H,9-10H2,1H3,(H,20,21). The van der Waals surface area contributed by atoms with Gasteiger partial charge in [0.2, 0.25) is 0 Å². The largest absolute Gasteiger partial charge is 0.481 e. The normalized spacial score (nSPS) is 17.9.